The third-order valence-corrected chi connectivity index (χ3v) is 6.34. The molecule has 0 amide bonds. The maximum absolute atomic E-state index is 6.30. The molecule has 0 aliphatic rings. The van der Waals surface area contributed by atoms with Gasteiger partial charge in [0, 0.05) is 64.2 Å². The fourth-order valence-corrected chi connectivity index (χ4v) is 4.72. The Morgan fingerprint density at radius 2 is 1.78 bits per heavy atom. The number of nitrogens with one attached hydrogen (secondary N) is 1. The molecule has 0 radical (unpaired) electrons. The average molecular weight is 446 g/mol. The summed E-state index contributed by atoms with van der Waals surface area (Å²) in [5.41, 5.74) is 6.83. The highest BCUT2D eigenvalue weighted by Crippen LogP contribution is 2.39. The van der Waals surface area contributed by atoms with Crippen LogP contribution in [0.4, 0.5) is 0 Å². The van der Waals surface area contributed by atoms with Crippen LogP contribution in [0.15, 0.2) is 61.1 Å². The zero-order valence-corrected chi connectivity index (χ0v) is 19.5. The molecule has 5 aromatic rings. The molecule has 0 fully saturated rings. The van der Waals surface area contributed by atoms with E-state index in [4.69, 9.17) is 16.7 Å². The number of aryl methyl sites for hydroxylation is 2. The molecule has 0 saturated heterocycles. The zero-order valence-electron chi connectivity index (χ0n) is 18.8. The SMILES string of the molecule is CCn1cc(-c2c[nH]cc2-c2nn(CCCN(C)C)c3ccccc23)c2ccc(Cl)cc21. The highest BCUT2D eigenvalue weighted by Gasteiger charge is 2.19. The van der Waals surface area contributed by atoms with Crippen molar-refractivity contribution >= 4 is 33.4 Å². The molecule has 0 atom stereocenters. The van der Waals surface area contributed by atoms with E-state index in [1.165, 1.54) is 21.9 Å². The van der Waals surface area contributed by atoms with E-state index in [9.17, 15) is 0 Å². The number of aromatic nitrogens is 4. The molecule has 5 rings (SSSR count). The topological polar surface area (TPSA) is 41.8 Å². The molecule has 1 N–H and O–H groups in total. The Labute approximate surface area is 193 Å². The van der Waals surface area contributed by atoms with Crippen LogP contribution in [0.1, 0.15) is 13.3 Å². The second kappa shape index (κ2) is 8.49. The summed E-state index contributed by atoms with van der Waals surface area (Å²) in [5.74, 6) is 0. The molecule has 0 bridgehead atoms. The maximum atomic E-state index is 6.30. The lowest BCUT2D eigenvalue weighted by Crippen LogP contribution is -2.15. The smallest absolute Gasteiger partial charge is 0.102 e. The van der Waals surface area contributed by atoms with Crippen molar-refractivity contribution in [1.82, 2.24) is 24.2 Å². The number of hydrogen-bond donors (Lipinski definition) is 1. The molecule has 0 aliphatic heterocycles. The number of halogens is 1. The van der Waals surface area contributed by atoms with Gasteiger partial charge >= 0.3 is 0 Å². The fraction of sp³-hybridized carbons (Fsp3) is 0.269. The first kappa shape index (κ1) is 20.9. The zero-order chi connectivity index (χ0) is 22.2. The number of benzene rings is 2. The van der Waals surface area contributed by atoms with Crippen molar-refractivity contribution in [1.29, 1.82) is 0 Å². The van der Waals surface area contributed by atoms with Crippen LogP contribution in [0, 0.1) is 0 Å². The molecule has 3 heterocycles. The molecule has 0 aliphatic carbocycles. The largest absolute Gasteiger partial charge is 0.366 e. The summed E-state index contributed by atoms with van der Waals surface area (Å²) in [6, 6.07) is 14.7. The number of rotatable bonds is 7. The summed E-state index contributed by atoms with van der Waals surface area (Å²) in [6.45, 7) is 4.98. The summed E-state index contributed by atoms with van der Waals surface area (Å²) in [6.07, 6.45) is 7.44. The van der Waals surface area contributed by atoms with Gasteiger partial charge in [0.05, 0.1) is 11.0 Å². The van der Waals surface area contributed by atoms with Gasteiger partial charge in [-0.05, 0) is 52.2 Å². The first-order valence-electron chi connectivity index (χ1n) is 11.1. The molecule has 5 nitrogen and oxygen atoms in total. The number of H-pyrrole nitrogens is 1. The van der Waals surface area contributed by atoms with Crippen LogP contribution in [0.5, 0.6) is 0 Å². The van der Waals surface area contributed by atoms with Gasteiger partial charge in [0.15, 0.2) is 0 Å². The second-order valence-corrected chi connectivity index (χ2v) is 8.96. The van der Waals surface area contributed by atoms with Crippen LogP contribution in [0.2, 0.25) is 5.02 Å². The fourth-order valence-electron chi connectivity index (χ4n) is 4.56. The highest BCUT2D eigenvalue weighted by atomic mass is 35.5. The Morgan fingerprint density at radius 1 is 0.969 bits per heavy atom. The molecule has 0 unspecified atom stereocenters. The van der Waals surface area contributed by atoms with E-state index < -0.39 is 0 Å². The van der Waals surface area contributed by atoms with Gasteiger partial charge in [0.1, 0.15) is 5.69 Å². The second-order valence-electron chi connectivity index (χ2n) is 8.52. The molecular weight excluding hydrogens is 418 g/mol. The monoisotopic (exact) mass is 445 g/mol. The summed E-state index contributed by atoms with van der Waals surface area (Å²) in [7, 11) is 4.22. The first-order chi connectivity index (χ1) is 15.6. The van der Waals surface area contributed by atoms with Gasteiger partial charge in [-0.2, -0.15) is 5.10 Å². The number of hydrogen-bond acceptors (Lipinski definition) is 2. The molecule has 3 aromatic heterocycles. The summed E-state index contributed by atoms with van der Waals surface area (Å²) >= 11 is 6.30. The molecule has 2 aromatic carbocycles. The Bertz CT molecular complexity index is 1390. The molecule has 0 saturated carbocycles. The van der Waals surface area contributed by atoms with E-state index in [1.54, 1.807) is 0 Å². The van der Waals surface area contributed by atoms with Crippen molar-refractivity contribution in [3.8, 4) is 22.4 Å². The van der Waals surface area contributed by atoms with Crippen LogP contribution in [0.25, 0.3) is 44.2 Å². The van der Waals surface area contributed by atoms with Crippen LogP contribution < -0.4 is 0 Å². The van der Waals surface area contributed by atoms with Crippen molar-refractivity contribution in [2.45, 2.75) is 26.4 Å². The van der Waals surface area contributed by atoms with E-state index in [0.717, 1.165) is 53.4 Å². The minimum Gasteiger partial charge on any atom is -0.366 e. The molecular formula is C26H28ClN5. The Kier molecular flexibility index (Phi) is 5.53. The minimum atomic E-state index is 0.758. The Balaban J connectivity index is 1.64. The third-order valence-electron chi connectivity index (χ3n) is 6.11. The molecule has 6 heteroatoms. The van der Waals surface area contributed by atoms with Gasteiger partial charge in [-0.1, -0.05) is 35.9 Å². The number of aromatic amines is 1. The third kappa shape index (κ3) is 3.61. The number of nitrogens with zero attached hydrogens (tertiary/aromatic N) is 4. The van der Waals surface area contributed by atoms with Crippen LogP contribution >= 0.6 is 11.6 Å². The Morgan fingerprint density at radius 3 is 2.59 bits per heavy atom. The van der Waals surface area contributed by atoms with Gasteiger partial charge in [-0.25, -0.2) is 0 Å². The predicted molar refractivity (Wildman–Crippen MR) is 134 cm³/mol. The first-order valence-corrected chi connectivity index (χ1v) is 11.5. The lowest BCUT2D eigenvalue weighted by molar-refractivity contribution is 0.383. The van der Waals surface area contributed by atoms with Crippen LogP contribution in [-0.2, 0) is 13.1 Å². The van der Waals surface area contributed by atoms with Crippen molar-refractivity contribution < 1.29 is 0 Å². The lowest BCUT2D eigenvalue weighted by atomic mass is 10.0. The highest BCUT2D eigenvalue weighted by molar-refractivity contribution is 6.31. The van der Waals surface area contributed by atoms with Gasteiger partial charge in [0.25, 0.3) is 0 Å². The Hall–Kier alpha value is -3.02. The van der Waals surface area contributed by atoms with Gasteiger partial charge < -0.3 is 14.5 Å². The van der Waals surface area contributed by atoms with E-state index in [1.807, 2.05) is 12.1 Å². The normalized spacial score (nSPS) is 11.9. The van der Waals surface area contributed by atoms with E-state index in [2.05, 4.69) is 89.1 Å². The molecule has 164 valence electrons. The summed E-state index contributed by atoms with van der Waals surface area (Å²) in [5, 5.41) is 8.23. The quantitative estimate of drug-likeness (QED) is 0.320. The number of fused-ring (bicyclic) bond motifs is 2. The molecule has 32 heavy (non-hydrogen) atoms. The van der Waals surface area contributed by atoms with E-state index in [-0.39, 0.29) is 0 Å². The van der Waals surface area contributed by atoms with Gasteiger partial charge in [-0.3, -0.25) is 4.68 Å². The summed E-state index contributed by atoms with van der Waals surface area (Å²) < 4.78 is 4.41. The van der Waals surface area contributed by atoms with Gasteiger partial charge in [0.2, 0.25) is 0 Å². The summed E-state index contributed by atoms with van der Waals surface area (Å²) in [4.78, 5) is 5.55. The lowest BCUT2D eigenvalue weighted by Gasteiger charge is -2.09. The maximum Gasteiger partial charge on any atom is 0.102 e. The van der Waals surface area contributed by atoms with Crippen LogP contribution in [-0.4, -0.2) is 44.9 Å². The van der Waals surface area contributed by atoms with Crippen molar-refractivity contribution in [2.24, 2.45) is 0 Å². The minimum absolute atomic E-state index is 0.758. The van der Waals surface area contributed by atoms with E-state index in [0.29, 0.717) is 0 Å². The van der Waals surface area contributed by atoms with E-state index >= 15 is 0 Å². The van der Waals surface area contributed by atoms with Crippen molar-refractivity contribution in [3.05, 3.63) is 66.1 Å². The standard InChI is InChI=1S/C26H28ClN5/c1-4-31-17-23(19-11-10-18(27)14-25(19)31)21-15-28-16-22(21)26-20-8-5-6-9-24(20)32(29-26)13-7-12-30(2)3/h5-6,8-11,14-17,28H,4,7,12-13H2,1-3H3. The van der Waals surface area contributed by atoms with Crippen molar-refractivity contribution in [2.75, 3.05) is 20.6 Å². The van der Waals surface area contributed by atoms with Crippen molar-refractivity contribution in [3.63, 3.8) is 0 Å². The predicted octanol–water partition coefficient (Wildman–Crippen LogP) is 6.28. The van der Waals surface area contributed by atoms with Gasteiger partial charge in [-0.15, -0.1) is 0 Å². The molecule has 0 spiro atoms. The van der Waals surface area contributed by atoms with Crippen LogP contribution in [0.3, 0.4) is 0 Å². The average Bonchev–Trinajstić information content (AvgIpc) is 3.48. The number of para-hydroxylation sites is 1.